The predicted molar refractivity (Wildman–Crippen MR) is 74.3 cm³/mol. The van der Waals surface area contributed by atoms with Gasteiger partial charge in [-0.05, 0) is 13.8 Å². The minimum atomic E-state index is 0. The van der Waals surface area contributed by atoms with Crippen LogP contribution in [0, 0.1) is 6.92 Å². The third-order valence-corrected chi connectivity index (χ3v) is 1.38. The van der Waals surface area contributed by atoms with Crippen LogP contribution >= 0.6 is 0 Å². The summed E-state index contributed by atoms with van der Waals surface area (Å²) in [4.78, 5) is 0. The summed E-state index contributed by atoms with van der Waals surface area (Å²) in [6, 6.07) is 18.2. The Morgan fingerprint density at radius 3 is 1.33 bits per heavy atom. The summed E-state index contributed by atoms with van der Waals surface area (Å²) >= 11 is 0. The van der Waals surface area contributed by atoms with E-state index < -0.39 is 0 Å². The molecule has 0 heterocycles. The summed E-state index contributed by atoms with van der Waals surface area (Å²) in [5.74, 6) is 0. The second kappa shape index (κ2) is 21.8. The van der Waals surface area contributed by atoms with Crippen LogP contribution in [0.25, 0.3) is 0 Å². The smallest absolute Gasteiger partial charge is 0.397 e. The molecule has 3 heteroatoms. The fraction of sp³-hybridized carbons (Fsp3) is 0.333. The van der Waals surface area contributed by atoms with Gasteiger partial charge in [-0.3, -0.25) is 0 Å². The van der Waals surface area contributed by atoms with E-state index in [9.17, 15) is 0 Å². The number of aryl methyl sites for hydroxylation is 1. The fourth-order valence-corrected chi connectivity index (χ4v) is 0.791. The van der Waals surface area contributed by atoms with Crippen molar-refractivity contribution in [3.8, 4) is 0 Å². The SMILES string of the molecule is CCO.CCO.C[c-]1cccc1.[Zr+2].c1cc[cH-]c1. The summed E-state index contributed by atoms with van der Waals surface area (Å²) in [6.45, 7) is 5.94. The molecule has 0 radical (unpaired) electrons. The topological polar surface area (TPSA) is 40.5 Å². The van der Waals surface area contributed by atoms with Crippen LogP contribution in [0.2, 0.25) is 0 Å². The average Bonchev–Trinajstić information content (AvgIpc) is 2.94. The summed E-state index contributed by atoms with van der Waals surface area (Å²) in [7, 11) is 0. The zero-order valence-electron chi connectivity index (χ0n) is 11.5. The molecule has 0 aliphatic carbocycles. The van der Waals surface area contributed by atoms with Gasteiger partial charge in [-0.1, -0.05) is 6.92 Å². The van der Waals surface area contributed by atoms with Crippen LogP contribution in [0.4, 0.5) is 0 Å². The van der Waals surface area contributed by atoms with Crippen molar-refractivity contribution in [2.24, 2.45) is 0 Å². The van der Waals surface area contributed by atoms with E-state index in [2.05, 4.69) is 19.1 Å². The molecule has 0 bridgehead atoms. The Labute approximate surface area is 130 Å². The Kier molecular flexibility index (Phi) is 27.4. The molecular weight excluding hydrogens is 303 g/mol. The standard InChI is InChI=1S/C6H7.C5H5.2C2H6O.Zr/c1-6-4-2-3-5-6;1-2-4-5-3-1;2*1-2-3;/h2-5H,1H3;1-5H;2*3H,2H2,1H3;/q2*-1;;;+2. The largest absolute Gasteiger partial charge is 2.00 e. The van der Waals surface area contributed by atoms with Crippen molar-refractivity contribution in [1.82, 2.24) is 0 Å². The van der Waals surface area contributed by atoms with E-state index in [0.29, 0.717) is 0 Å². The van der Waals surface area contributed by atoms with Crippen molar-refractivity contribution < 1.29 is 36.4 Å². The molecule has 0 fully saturated rings. The van der Waals surface area contributed by atoms with Crippen molar-refractivity contribution in [2.45, 2.75) is 20.8 Å². The van der Waals surface area contributed by atoms with Gasteiger partial charge < -0.3 is 10.2 Å². The molecule has 2 rings (SSSR count). The first-order chi connectivity index (χ1) is 8.22. The van der Waals surface area contributed by atoms with Crippen LogP contribution in [-0.2, 0) is 26.2 Å². The Bertz CT molecular complexity index is 256. The van der Waals surface area contributed by atoms with Crippen LogP contribution in [0.1, 0.15) is 19.4 Å². The average molecular weight is 328 g/mol. The van der Waals surface area contributed by atoms with Crippen molar-refractivity contribution >= 4 is 0 Å². The van der Waals surface area contributed by atoms with Crippen LogP contribution < -0.4 is 0 Å². The van der Waals surface area contributed by atoms with Crippen molar-refractivity contribution in [1.29, 1.82) is 0 Å². The first-order valence-corrected chi connectivity index (χ1v) is 5.79. The number of hydrogen-bond donors (Lipinski definition) is 2. The zero-order valence-corrected chi connectivity index (χ0v) is 14.0. The zero-order chi connectivity index (χ0) is 13.4. The number of aliphatic hydroxyl groups excluding tert-OH is 2. The van der Waals surface area contributed by atoms with Crippen LogP contribution in [0.3, 0.4) is 0 Å². The van der Waals surface area contributed by atoms with Gasteiger partial charge in [0.1, 0.15) is 0 Å². The second-order valence-electron chi connectivity index (χ2n) is 3.06. The first-order valence-electron chi connectivity index (χ1n) is 5.79. The molecule has 0 saturated heterocycles. The van der Waals surface area contributed by atoms with Gasteiger partial charge in [-0.2, -0.15) is 35.9 Å². The maximum Gasteiger partial charge on any atom is 2.00 e. The van der Waals surface area contributed by atoms with E-state index in [0.717, 1.165) is 0 Å². The minimum absolute atomic E-state index is 0. The summed E-state index contributed by atoms with van der Waals surface area (Å²) in [5, 5.41) is 15.1. The maximum absolute atomic E-state index is 7.57. The molecule has 18 heavy (non-hydrogen) atoms. The summed E-state index contributed by atoms with van der Waals surface area (Å²) in [6.07, 6.45) is 0. The third kappa shape index (κ3) is 24.6. The molecule has 0 atom stereocenters. The van der Waals surface area contributed by atoms with Crippen molar-refractivity contribution in [3.05, 3.63) is 60.2 Å². The van der Waals surface area contributed by atoms with Crippen LogP contribution in [0.15, 0.2) is 54.6 Å². The van der Waals surface area contributed by atoms with Crippen LogP contribution in [0.5, 0.6) is 0 Å². The van der Waals surface area contributed by atoms with Gasteiger partial charge in [0.15, 0.2) is 0 Å². The van der Waals surface area contributed by atoms with E-state index in [1.54, 1.807) is 13.8 Å². The van der Waals surface area contributed by atoms with Gasteiger partial charge in [0, 0.05) is 13.2 Å². The molecule has 2 nitrogen and oxygen atoms in total. The van der Waals surface area contributed by atoms with Gasteiger partial charge in [-0.15, -0.1) is 0 Å². The number of rotatable bonds is 0. The molecule has 0 amide bonds. The first kappa shape index (κ1) is 22.7. The fourth-order valence-electron chi connectivity index (χ4n) is 0.791. The van der Waals surface area contributed by atoms with E-state index >= 15 is 0 Å². The summed E-state index contributed by atoms with van der Waals surface area (Å²) in [5.41, 5.74) is 1.34. The molecule has 100 valence electrons. The molecule has 0 spiro atoms. The van der Waals surface area contributed by atoms with Gasteiger partial charge >= 0.3 is 26.2 Å². The molecular formula is C15H24O2Zr. The quantitative estimate of drug-likeness (QED) is 0.730. The molecule has 2 aromatic carbocycles. The molecule has 2 aromatic rings. The Morgan fingerprint density at radius 2 is 1.22 bits per heavy atom. The van der Waals surface area contributed by atoms with Gasteiger partial charge in [0.2, 0.25) is 0 Å². The maximum atomic E-state index is 7.57. The monoisotopic (exact) mass is 326 g/mol. The van der Waals surface area contributed by atoms with Gasteiger partial charge in [-0.25, -0.2) is 24.3 Å². The summed E-state index contributed by atoms with van der Waals surface area (Å²) < 4.78 is 0. The molecule has 0 aromatic heterocycles. The number of hydrogen-bond acceptors (Lipinski definition) is 2. The van der Waals surface area contributed by atoms with E-state index in [1.165, 1.54) is 5.56 Å². The van der Waals surface area contributed by atoms with Crippen LogP contribution in [-0.4, -0.2) is 23.4 Å². The molecule has 0 aliphatic heterocycles. The molecule has 2 N–H and O–H groups in total. The van der Waals surface area contributed by atoms with Crippen molar-refractivity contribution in [2.75, 3.05) is 13.2 Å². The van der Waals surface area contributed by atoms with E-state index in [1.807, 2.05) is 42.5 Å². The predicted octanol–water partition coefficient (Wildman–Crippen LogP) is 3.11. The Hall–Kier alpha value is -0.497. The Morgan fingerprint density at radius 1 is 0.889 bits per heavy atom. The van der Waals surface area contributed by atoms with E-state index in [4.69, 9.17) is 10.2 Å². The molecule has 0 aliphatic rings. The Balaban J connectivity index is -0.000000173. The molecule has 0 unspecified atom stereocenters. The van der Waals surface area contributed by atoms with E-state index in [-0.39, 0.29) is 39.4 Å². The minimum Gasteiger partial charge on any atom is -0.397 e. The van der Waals surface area contributed by atoms with Crippen molar-refractivity contribution in [3.63, 3.8) is 0 Å². The number of aliphatic hydroxyl groups is 2. The van der Waals surface area contributed by atoms with Gasteiger partial charge in [0.25, 0.3) is 0 Å². The normalized spacial score (nSPS) is 7.17. The second-order valence-corrected chi connectivity index (χ2v) is 3.06. The molecule has 0 saturated carbocycles. The third-order valence-electron chi connectivity index (χ3n) is 1.38. The van der Waals surface area contributed by atoms with Gasteiger partial charge in [0.05, 0.1) is 0 Å².